The third kappa shape index (κ3) is 3.53. The minimum atomic E-state index is -4.37. The Morgan fingerprint density at radius 3 is 2.70 bits per heavy atom. The van der Waals surface area contributed by atoms with Crippen LogP contribution in [0.4, 0.5) is 13.2 Å². The molecule has 0 radical (unpaired) electrons. The fraction of sp³-hybridized carbons (Fsp3) is 0.235. The molecule has 0 heterocycles. The summed E-state index contributed by atoms with van der Waals surface area (Å²) in [6, 6.07) is 5.46. The molecule has 27 heavy (non-hydrogen) atoms. The lowest BCUT2D eigenvalue weighted by Crippen LogP contribution is -2.20. The maximum atomic E-state index is 14.6. The van der Waals surface area contributed by atoms with Gasteiger partial charge in [-0.1, -0.05) is 9.24 Å². The quantitative estimate of drug-likeness (QED) is 0.775. The molecule has 0 saturated heterocycles. The number of hydrogen-bond donors (Lipinski definition) is 1. The first-order valence-electron chi connectivity index (χ1n) is 7.58. The van der Waals surface area contributed by atoms with Crippen molar-refractivity contribution in [1.82, 2.24) is 0 Å². The van der Waals surface area contributed by atoms with Crippen molar-refractivity contribution < 1.29 is 31.4 Å². The number of alkyl halides is 2. The van der Waals surface area contributed by atoms with E-state index in [-0.39, 0.29) is 28.2 Å². The second kappa shape index (κ2) is 6.79. The summed E-state index contributed by atoms with van der Waals surface area (Å²) in [6.07, 6.45) is -2.25. The Bertz CT molecular complexity index is 1070. The zero-order chi connectivity index (χ0) is 20.0. The highest BCUT2D eigenvalue weighted by Gasteiger charge is 2.47. The third-order valence-electron chi connectivity index (χ3n) is 4.16. The first-order chi connectivity index (χ1) is 12.6. The van der Waals surface area contributed by atoms with E-state index >= 15 is 0 Å². The van der Waals surface area contributed by atoms with Crippen LogP contribution in [0, 0.1) is 17.1 Å². The minimum Gasteiger partial charge on any atom is -0.457 e. The Labute approximate surface area is 155 Å². The number of aliphatic hydroxyl groups is 1. The fourth-order valence-corrected chi connectivity index (χ4v) is 4.29. The van der Waals surface area contributed by atoms with Gasteiger partial charge < -0.3 is 9.84 Å². The van der Waals surface area contributed by atoms with E-state index in [1.807, 2.05) is 0 Å². The molecular weight excluding hydrogens is 402 g/mol. The Morgan fingerprint density at radius 1 is 1.37 bits per heavy atom. The molecule has 142 valence electrons. The molecule has 5 nitrogen and oxygen atoms in total. The summed E-state index contributed by atoms with van der Waals surface area (Å²) in [6.45, 7) is 0. The predicted octanol–water partition coefficient (Wildman–Crippen LogP) is 3.32. The summed E-state index contributed by atoms with van der Waals surface area (Å²) < 4.78 is 70.6. The first kappa shape index (κ1) is 19.6. The minimum absolute atomic E-state index is 0.0100. The van der Waals surface area contributed by atoms with Gasteiger partial charge >= 0.3 is 0 Å². The van der Waals surface area contributed by atoms with Crippen molar-refractivity contribution >= 4 is 19.1 Å². The number of aliphatic hydroxyl groups excluding tert-OH is 1. The van der Waals surface area contributed by atoms with Crippen molar-refractivity contribution in [3.05, 3.63) is 52.8 Å². The number of ether oxygens (including phenoxy) is 1. The molecule has 3 atom stereocenters. The molecule has 10 heteroatoms. The number of sulfone groups is 1. The molecular formula is C17H13F3NO4PS. The molecule has 0 aliphatic heterocycles. The lowest BCUT2D eigenvalue weighted by Gasteiger charge is -2.18. The molecule has 0 fully saturated rings. The highest BCUT2D eigenvalue weighted by atomic mass is 32.2. The number of nitrogens with zero attached hydrogens (tertiary/aromatic N) is 1. The molecule has 1 aliphatic carbocycles. The lowest BCUT2D eigenvalue weighted by atomic mass is 10.1. The molecule has 1 aliphatic rings. The number of fused-ring (bicyclic) bond motifs is 1. The van der Waals surface area contributed by atoms with Crippen LogP contribution in [-0.4, -0.2) is 24.9 Å². The van der Waals surface area contributed by atoms with Gasteiger partial charge in [0.15, 0.2) is 11.4 Å². The largest absolute Gasteiger partial charge is 0.457 e. The van der Waals surface area contributed by atoms with E-state index in [2.05, 4.69) is 0 Å². The molecule has 0 saturated carbocycles. The highest BCUT2D eigenvalue weighted by Crippen LogP contribution is 2.52. The van der Waals surface area contributed by atoms with E-state index in [0.717, 1.165) is 18.2 Å². The van der Waals surface area contributed by atoms with Crippen molar-refractivity contribution in [3.63, 3.8) is 0 Å². The van der Waals surface area contributed by atoms with E-state index in [0.29, 0.717) is 0 Å². The summed E-state index contributed by atoms with van der Waals surface area (Å²) >= 11 is 0. The Kier molecular flexibility index (Phi) is 4.93. The van der Waals surface area contributed by atoms with Gasteiger partial charge in [0, 0.05) is 23.6 Å². The number of benzene rings is 2. The van der Waals surface area contributed by atoms with Gasteiger partial charge in [0.25, 0.3) is 0 Å². The Morgan fingerprint density at radius 2 is 2.07 bits per heavy atom. The maximum Gasteiger partial charge on any atom is 0.207 e. The van der Waals surface area contributed by atoms with Gasteiger partial charge in [-0.05, 0) is 24.3 Å². The van der Waals surface area contributed by atoms with E-state index in [1.165, 1.54) is 12.1 Å². The molecule has 0 spiro atoms. The van der Waals surface area contributed by atoms with Gasteiger partial charge in [0.1, 0.15) is 23.4 Å². The predicted molar refractivity (Wildman–Crippen MR) is 93.0 cm³/mol. The van der Waals surface area contributed by atoms with Crippen LogP contribution >= 0.6 is 9.24 Å². The zero-order valence-electron chi connectivity index (χ0n) is 13.6. The summed E-state index contributed by atoms with van der Waals surface area (Å²) in [7, 11) is -2.57. The van der Waals surface area contributed by atoms with Gasteiger partial charge in [-0.2, -0.15) is 5.26 Å². The van der Waals surface area contributed by atoms with E-state index < -0.39 is 44.5 Å². The maximum absolute atomic E-state index is 14.6. The second-order valence-corrected chi connectivity index (χ2v) is 8.92. The number of nitriles is 1. The average molecular weight is 415 g/mol. The third-order valence-corrected chi connectivity index (χ3v) is 5.99. The molecule has 0 aromatic heterocycles. The van der Waals surface area contributed by atoms with Crippen LogP contribution in [-0.2, 0) is 16.3 Å². The van der Waals surface area contributed by atoms with Crippen LogP contribution in [0.15, 0.2) is 35.2 Å². The molecule has 2 aromatic carbocycles. The SMILES string of the molecule is N#Cc1cc(F)cc(Oc2ccc(S(=O)(=O)CF)c3c2CC(F)(P)[C@H]3O)c1. The molecule has 0 bridgehead atoms. The number of hydrogen-bond acceptors (Lipinski definition) is 5. The summed E-state index contributed by atoms with van der Waals surface area (Å²) in [5.74, 6) is -0.828. The monoisotopic (exact) mass is 415 g/mol. The molecule has 2 aromatic rings. The van der Waals surface area contributed by atoms with Crippen molar-refractivity contribution in [2.24, 2.45) is 0 Å². The van der Waals surface area contributed by atoms with Crippen molar-refractivity contribution in [2.75, 3.05) is 6.01 Å². The van der Waals surface area contributed by atoms with Gasteiger partial charge in [-0.25, -0.2) is 21.6 Å². The van der Waals surface area contributed by atoms with Crippen LogP contribution in [0.1, 0.15) is 22.8 Å². The topological polar surface area (TPSA) is 87.4 Å². The molecule has 1 N–H and O–H groups in total. The first-order valence-corrected chi connectivity index (χ1v) is 9.81. The normalized spacial score (nSPS) is 21.6. The van der Waals surface area contributed by atoms with Crippen LogP contribution in [0.2, 0.25) is 0 Å². The smallest absolute Gasteiger partial charge is 0.207 e. The van der Waals surface area contributed by atoms with Gasteiger partial charge in [0.2, 0.25) is 9.84 Å². The highest BCUT2D eigenvalue weighted by molar-refractivity contribution is 7.91. The number of rotatable bonds is 4. The fourth-order valence-electron chi connectivity index (χ4n) is 2.95. The van der Waals surface area contributed by atoms with Crippen molar-refractivity contribution in [1.29, 1.82) is 5.26 Å². The van der Waals surface area contributed by atoms with Gasteiger partial charge in [-0.3, -0.25) is 0 Å². The molecule has 0 amide bonds. The van der Waals surface area contributed by atoms with Crippen molar-refractivity contribution in [2.45, 2.75) is 22.8 Å². The van der Waals surface area contributed by atoms with Crippen LogP contribution in [0.25, 0.3) is 0 Å². The average Bonchev–Trinajstić information content (AvgIpc) is 2.85. The Balaban J connectivity index is 2.15. The second-order valence-electron chi connectivity index (χ2n) is 6.07. The summed E-state index contributed by atoms with van der Waals surface area (Å²) in [5.41, 5.74) is -0.277. The van der Waals surface area contributed by atoms with Crippen molar-refractivity contribution in [3.8, 4) is 17.6 Å². The van der Waals surface area contributed by atoms with Crippen LogP contribution in [0.5, 0.6) is 11.5 Å². The molecule has 2 unspecified atom stereocenters. The molecule has 3 rings (SSSR count). The number of halogens is 3. The Hall–Kier alpha value is -2.14. The van der Waals surface area contributed by atoms with E-state index in [9.17, 15) is 26.7 Å². The van der Waals surface area contributed by atoms with E-state index in [4.69, 9.17) is 10.00 Å². The standard InChI is InChI=1S/C17H13F3NO4PS/c18-8-27(23,24)14-2-1-13(12-6-17(20,26)16(22)15(12)14)25-11-4-9(7-21)3-10(19)5-11/h1-5,16,22H,6,8,26H2/t16-,17?/m0/s1. The van der Waals surface area contributed by atoms with Crippen LogP contribution in [0.3, 0.4) is 0 Å². The zero-order valence-corrected chi connectivity index (χ0v) is 15.6. The summed E-state index contributed by atoms with van der Waals surface area (Å²) in [5, 5.41) is 16.9. The lowest BCUT2D eigenvalue weighted by molar-refractivity contribution is 0.0670. The van der Waals surface area contributed by atoms with Gasteiger partial charge in [-0.15, -0.1) is 0 Å². The van der Waals surface area contributed by atoms with Gasteiger partial charge in [0.05, 0.1) is 16.5 Å². The van der Waals surface area contributed by atoms with E-state index in [1.54, 1.807) is 15.3 Å². The summed E-state index contributed by atoms with van der Waals surface area (Å²) in [4.78, 5) is -0.529. The van der Waals surface area contributed by atoms with Crippen LogP contribution < -0.4 is 4.74 Å².